The molecule has 17 heavy (non-hydrogen) atoms. The maximum Gasteiger partial charge on any atom is 0.306 e. The highest BCUT2D eigenvalue weighted by molar-refractivity contribution is 5.70. The van der Waals surface area contributed by atoms with Crippen LogP contribution in [-0.4, -0.2) is 24.7 Å². The minimum absolute atomic E-state index is 0.0773. The van der Waals surface area contributed by atoms with Crippen LogP contribution in [0.3, 0.4) is 0 Å². The molecule has 0 heterocycles. The molecular formula is C14H29NO2. The van der Waals surface area contributed by atoms with Crippen LogP contribution in [-0.2, 0) is 9.53 Å². The Hall–Kier alpha value is -0.570. The van der Waals surface area contributed by atoms with Crippen molar-refractivity contribution in [1.82, 2.24) is 5.32 Å². The summed E-state index contributed by atoms with van der Waals surface area (Å²) in [7, 11) is 0. The van der Waals surface area contributed by atoms with E-state index in [2.05, 4.69) is 19.2 Å². The Kier molecular flexibility index (Phi) is 8.23. The number of hydrogen-bond acceptors (Lipinski definition) is 3. The number of carbonyl (C=O) groups excluding carboxylic acids is 1. The highest BCUT2D eigenvalue weighted by Gasteiger charge is 2.18. The van der Waals surface area contributed by atoms with Crippen molar-refractivity contribution in [2.24, 2.45) is 5.92 Å². The van der Waals surface area contributed by atoms with E-state index in [0.717, 1.165) is 25.9 Å². The second-order valence-corrected chi connectivity index (χ2v) is 5.79. The molecule has 0 saturated heterocycles. The van der Waals surface area contributed by atoms with Gasteiger partial charge in [-0.25, -0.2) is 0 Å². The molecule has 1 N–H and O–H groups in total. The Morgan fingerprint density at radius 3 is 2.47 bits per heavy atom. The number of esters is 1. The van der Waals surface area contributed by atoms with Gasteiger partial charge in [-0.2, -0.15) is 0 Å². The van der Waals surface area contributed by atoms with Crippen molar-refractivity contribution in [2.45, 2.75) is 65.9 Å². The van der Waals surface area contributed by atoms with Gasteiger partial charge in [-0.15, -0.1) is 0 Å². The van der Waals surface area contributed by atoms with Gasteiger partial charge in [-0.05, 0) is 59.0 Å². The summed E-state index contributed by atoms with van der Waals surface area (Å²) in [6, 6.07) is 0. The second kappa shape index (κ2) is 8.51. The van der Waals surface area contributed by atoms with Crippen LogP contribution in [0, 0.1) is 5.92 Å². The van der Waals surface area contributed by atoms with Gasteiger partial charge in [-0.1, -0.05) is 13.8 Å². The highest BCUT2D eigenvalue weighted by Crippen LogP contribution is 2.14. The normalized spacial score (nSPS) is 13.5. The van der Waals surface area contributed by atoms with Crippen LogP contribution in [0.5, 0.6) is 0 Å². The molecule has 0 bridgehead atoms. The Morgan fingerprint density at radius 1 is 1.29 bits per heavy atom. The van der Waals surface area contributed by atoms with E-state index >= 15 is 0 Å². The fourth-order valence-corrected chi connectivity index (χ4v) is 1.65. The van der Waals surface area contributed by atoms with Crippen molar-refractivity contribution >= 4 is 5.97 Å². The molecule has 0 aliphatic heterocycles. The summed E-state index contributed by atoms with van der Waals surface area (Å²) in [4.78, 5) is 11.6. The summed E-state index contributed by atoms with van der Waals surface area (Å²) in [6.45, 7) is 12.1. The van der Waals surface area contributed by atoms with E-state index in [9.17, 15) is 4.79 Å². The molecule has 0 saturated carbocycles. The lowest BCUT2D eigenvalue weighted by Gasteiger charge is -2.20. The quantitative estimate of drug-likeness (QED) is 0.526. The van der Waals surface area contributed by atoms with E-state index in [1.807, 2.05) is 20.8 Å². The molecule has 0 rings (SSSR count). The molecular weight excluding hydrogens is 214 g/mol. The molecule has 1 unspecified atom stereocenters. The monoisotopic (exact) mass is 243 g/mol. The predicted molar refractivity (Wildman–Crippen MR) is 72.0 cm³/mol. The molecule has 1 atom stereocenters. The molecule has 3 heteroatoms. The number of carbonyl (C=O) groups is 1. The first-order chi connectivity index (χ1) is 7.85. The van der Waals surface area contributed by atoms with Crippen molar-refractivity contribution in [3.63, 3.8) is 0 Å². The fourth-order valence-electron chi connectivity index (χ4n) is 1.65. The predicted octanol–water partition coefficient (Wildman–Crippen LogP) is 3.13. The molecule has 0 aliphatic carbocycles. The standard InChI is InChI=1S/C14H29NO2/c1-6-9-15-10-7-8-12(2)11-13(16)17-14(3,4)5/h12,15H,6-11H2,1-5H3. The molecule has 3 nitrogen and oxygen atoms in total. The minimum atomic E-state index is -0.362. The molecule has 102 valence electrons. The maximum absolute atomic E-state index is 11.6. The summed E-state index contributed by atoms with van der Waals surface area (Å²) in [5.74, 6) is 0.333. The van der Waals surface area contributed by atoms with E-state index in [1.165, 1.54) is 6.42 Å². The zero-order valence-electron chi connectivity index (χ0n) is 12.1. The minimum Gasteiger partial charge on any atom is -0.460 e. The molecule has 0 aliphatic rings. The third-order valence-electron chi connectivity index (χ3n) is 2.41. The highest BCUT2D eigenvalue weighted by atomic mass is 16.6. The van der Waals surface area contributed by atoms with E-state index in [0.29, 0.717) is 12.3 Å². The van der Waals surface area contributed by atoms with Crippen molar-refractivity contribution in [1.29, 1.82) is 0 Å². The third kappa shape index (κ3) is 11.7. The number of hydrogen-bond donors (Lipinski definition) is 1. The van der Waals surface area contributed by atoms with Crippen LogP contribution >= 0.6 is 0 Å². The smallest absolute Gasteiger partial charge is 0.306 e. The van der Waals surface area contributed by atoms with Gasteiger partial charge in [0.05, 0.1) is 0 Å². The van der Waals surface area contributed by atoms with E-state index < -0.39 is 0 Å². The Morgan fingerprint density at radius 2 is 1.94 bits per heavy atom. The van der Waals surface area contributed by atoms with Crippen LogP contribution in [0.2, 0.25) is 0 Å². The number of rotatable bonds is 8. The van der Waals surface area contributed by atoms with Gasteiger partial charge < -0.3 is 10.1 Å². The number of ether oxygens (including phenoxy) is 1. The van der Waals surface area contributed by atoms with E-state index in [1.54, 1.807) is 0 Å². The fraction of sp³-hybridized carbons (Fsp3) is 0.929. The Labute approximate surface area is 106 Å². The Balaban J connectivity index is 3.57. The van der Waals surface area contributed by atoms with Crippen molar-refractivity contribution in [2.75, 3.05) is 13.1 Å². The summed E-state index contributed by atoms with van der Waals surface area (Å²) in [5.41, 5.74) is -0.362. The Bertz CT molecular complexity index is 209. The lowest BCUT2D eigenvalue weighted by Crippen LogP contribution is -2.25. The van der Waals surface area contributed by atoms with Crippen LogP contribution < -0.4 is 5.32 Å². The molecule has 0 amide bonds. The average molecular weight is 243 g/mol. The summed E-state index contributed by atoms with van der Waals surface area (Å²) in [5, 5.41) is 3.37. The van der Waals surface area contributed by atoms with Gasteiger partial charge in [-0.3, -0.25) is 4.79 Å². The van der Waals surface area contributed by atoms with Gasteiger partial charge in [0.2, 0.25) is 0 Å². The van der Waals surface area contributed by atoms with E-state index in [4.69, 9.17) is 4.74 Å². The first-order valence-corrected chi connectivity index (χ1v) is 6.77. The van der Waals surface area contributed by atoms with Crippen LogP contribution in [0.25, 0.3) is 0 Å². The number of nitrogens with one attached hydrogen (secondary N) is 1. The van der Waals surface area contributed by atoms with E-state index in [-0.39, 0.29) is 11.6 Å². The van der Waals surface area contributed by atoms with Gasteiger partial charge in [0, 0.05) is 6.42 Å². The van der Waals surface area contributed by atoms with Crippen LogP contribution in [0.1, 0.15) is 60.3 Å². The maximum atomic E-state index is 11.6. The largest absolute Gasteiger partial charge is 0.460 e. The molecule has 0 spiro atoms. The summed E-state index contributed by atoms with van der Waals surface area (Å²) >= 11 is 0. The van der Waals surface area contributed by atoms with Crippen molar-refractivity contribution in [3.05, 3.63) is 0 Å². The molecule has 0 aromatic carbocycles. The zero-order chi connectivity index (χ0) is 13.3. The zero-order valence-corrected chi connectivity index (χ0v) is 12.1. The topological polar surface area (TPSA) is 38.3 Å². The third-order valence-corrected chi connectivity index (χ3v) is 2.41. The van der Waals surface area contributed by atoms with Crippen LogP contribution in [0.15, 0.2) is 0 Å². The SMILES string of the molecule is CCCNCCCC(C)CC(=O)OC(C)(C)C. The second-order valence-electron chi connectivity index (χ2n) is 5.79. The van der Waals surface area contributed by atoms with Gasteiger partial charge in [0.15, 0.2) is 0 Å². The first-order valence-electron chi connectivity index (χ1n) is 6.77. The lowest BCUT2D eigenvalue weighted by molar-refractivity contribution is -0.155. The van der Waals surface area contributed by atoms with Gasteiger partial charge in [0.25, 0.3) is 0 Å². The van der Waals surface area contributed by atoms with Crippen LogP contribution in [0.4, 0.5) is 0 Å². The first kappa shape index (κ1) is 16.4. The summed E-state index contributed by atoms with van der Waals surface area (Å²) < 4.78 is 5.30. The van der Waals surface area contributed by atoms with Crippen molar-refractivity contribution < 1.29 is 9.53 Å². The summed E-state index contributed by atoms with van der Waals surface area (Å²) in [6.07, 6.45) is 3.92. The lowest BCUT2D eigenvalue weighted by atomic mass is 10.0. The van der Waals surface area contributed by atoms with Gasteiger partial charge in [0.1, 0.15) is 5.60 Å². The van der Waals surface area contributed by atoms with Crippen molar-refractivity contribution in [3.8, 4) is 0 Å². The molecule has 0 fully saturated rings. The molecule has 0 aromatic heterocycles. The molecule has 0 radical (unpaired) electrons. The molecule has 0 aromatic rings. The average Bonchev–Trinajstić information content (AvgIpc) is 2.14. The van der Waals surface area contributed by atoms with Gasteiger partial charge >= 0.3 is 5.97 Å².